The van der Waals surface area contributed by atoms with E-state index in [4.69, 9.17) is 11.5 Å². The van der Waals surface area contributed by atoms with Gasteiger partial charge in [0.1, 0.15) is 0 Å². The number of likely N-dealkylation sites (N-methyl/N-ethyl adjacent to an activating group) is 1. The Morgan fingerprint density at radius 1 is 0.833 bits per heavy atom. The van der Waals surface area contributed by atoms with Gasteiger partial charge in [0.05, 0.1) is 11.1 Å². The predicted molar refractivity (Wildman–Crippen MR) is 145 cm³/mol. The van der Waals surface area contributed by atoms with Crippen molar-refractivity contribution in [1.29, 1.82) is 0 Å². The molecule has 1 aliphatic rings. The zero-order valence-corrected chi connectivity index (χ0v) is 20.0. The van der Waals surface area contributed by atoms with Crippen molar-refractivity contribution in [3.05, 3.63) is 77.9 Å². The number of hydrogen-bond donors (Lipinski definition) is 3. The number of nitrogens with zero attached hydrogens (tertiary/aromatic N) is 2. The van der Waals surface area contributed by atoms with E-state index in [0.717, 1.165) is 51.3 Å². The van der Waals surface area contributed by atoms with E-state index in [0.29, 0.717) is 35.4 Å². The van der Waals surface area contributed by atoms with E-state index >= 15 is 0 Å². The van der Waals surface area contributed by atoms with Gasteiger partial charge in [-0.1, -0.05) is 42.5 Å². The molecule has 180 valence electrons. The number of rotatable bonds is 3. The van der Waals surface area contributed by atoms with Crippen molar-refractivity contribution in [2.45, 2.75) is 0 Å². The maximum atomic E-state index is 13.2. The van der Waals surface area contributed by atoms with Crippen LogP contribution in [0.4, 0.5) is 5.69 Å². The van der Waals surface area contributed by atoms with Gasteiger partial charge in [0.15, 0.2) is 0 Å². The van der Waals surface area contributed by atoms with Gasteiger partial charge >= 0.3 is 0 Å². The monoisotopic (exact) mass is 477 g/mol. The lowest BCUT2D eigenvalue weighted by atomic mass is 9.92. The Labute approximate surface area is 208 Å². The second kappa shape index (κ2) is 8.39. The van der Waals surface area contributed by atoms with Crippen LogP contribution in [0.1, 0.15) is 20.7 Å². The van der Waals surface area contributed by atoms with Crippen molar-refractivity contribution in [2.75, 3.05) is 39.0 Å². The zero-order chi connectivity index (χ0) is 25.0. The number of benzene rings is 4. The highest BCUT2D eigenvalue weighted by atomic mass is 16.2. The average molecular weight is 478 g/mol. The van der Waals surface area contributed by atoms with Gasteiger partial charge < -0.3 is 26.3 Å². The molecule has 5 aromatic rings. The van der Waals surface area contributed by atoms with Gasteiger partial charge in [-0.15, -0.1) is 0 Å². The quantitative estimate of drug-likeness (QED) is 0.338. The van der Waals surface area contributed by atoms with Crippen LogP contribution in [0.15, 0.2) is 66.7 Å². The summed E-state index contributed by atoms with van der Waals surface area (Å²) in [6, 6.07) is 21.4. The summed E-state index contributed by atoms with van der Waals surface area (Å²) in [4.78, 5) is 33.1. The maximum Gasteiger partial charge on any atom is 0.254 e. The molecule has 0 spiro atoms. The SMILES string of the molecule is CN1CCN(C(=O)c2ccc3c(c2)[nH]c2c(C(N)=O)ccc(-c4ccc(N)c5ccccc45)c23)CC1. The van der Waals surface area contributed by atoms with E-state index in [1.165, 1.54) is 0 Å². The Kier molecular flexibility index (Phi) is 5.16. The Balaban J connectivity index is 1.56. The molecular weight excluding hydrogens is 450 g/mol. The van der Waals surface area contributed by atoms with Gasteiger partial charge in [0.2, 0.25) is 0 Å². The first-order valence-electron chi connectivity index (χ1n) is 12.1. The topological polar surface area (TPSA) is 108 Å². The van der Waals surface area contributed by atoms with Gasteiger partial charge in [-0.3, -0.25) is 9.59 Å². The highest BCUT2D eigenvalue weighted by Gasteiger charge is 2.22. The van der Waals surface area contributed by atoms with Crippen LogP contribution in [-0.2, 0) is 0 Å². The van der Waals surface area contributed by atoms with Crippen molar-refractivity contribution in [3.8, 4) is 11.1 Å². The molecule has 5 N–H and O–H groups in total. The van der Waals surface area contributed by atoms with Gasteiger partial charge in [0.25, 0.3) is 11.8 Å². The third kappa shape index (κ3) is 3.48. The molecule has 0 atom stereocenters. The number of anilines is 1. The molecule has 7 heteroatoms. The summed E-state index contributed by atoms with van der Waals surface area (Å²) in [7, 11) is 2.07. The summed E-state index contributed by atoms with van der Waals surface area (Å²) in [5.41, 5.74) is 17.2. The number of primary amides is 1. The molecular formula is C29H27N5O2. The Hall–Kier alpha value is -4.36. The van der Waals surface area contributed by atoms with Crippen LogP contribution in [-0.4, -0.2) is 59.8 Å². The minimum atomic E-state index is -0.506. The third-order valence-corrected chi connectivity index (χ3v) is 7.30. The fourth-order valence-corrected chi connectivity index (χ4v) is 5.32. The molecule has 6 rings (SSSR count). The highest BCUT2D eigenvalue weighted by molar-refractivity contribution is 6.22. The van der Waals surface area contributed by atoms with E-state index < -0.39 is 5.91 Å². The standard InChI is InChI=1S/C29H27N5O2/c1-33-12-14-34(15-13-33)29(36)17-6-7-22-25(16-17)32-27-23(28(31)35)9-8-21(26(22)27)19-10-11-24(30)20-5-3-2-4-18(19)20/h2-11,16,32H,12-15,30H2,1H3,(H2,31,35). The first-order valence-corrected chi connectivity index (χ1v) is 12.1. The number of nitrogens with two attached hydrogens (primary N) is 2. The van der Waals surface area contributed by atoms with Crippen LogP contribution < -0.4 is 11.5 Å². The van der Waals surface area contributed by atoms with Gasteiger partial charge in [-0.05, 0) is 47.8 Å². The maximum absolute atomic E-state index is 13.2. The van der Waals surface area contributed by atoms with E-state index in [-0.39, 0.29) is 5.91 Å². The van der Waals surface area contributed by atoms with Crippen LogP contribution in [0.25, 0.3) is 43.7 Å². The lowest BCUT2D eigenvalue weighted by Crippen LogP contribution is -2.47. The number of piperazine rings is 1. The number of aromatic amines is 1. The molecule has 7 nitrogen and oxygen atoms in total. The Morgan fingerprint density at radius 3 is 2.31 bits per heavy atom. The van der Waals surface area contributed by atoms with Crippen LogP contribution in [0.3, 0.4) is 0 Å². The number of nitrogen functional groups attached to an aromatic ring is 1. The molecule has 1 aliphatic heterocycles. The van der Waals surface area contributed by atoms with E-state index in [9.17, 15) is 9.59 Å². The second-order valence-electron chi connectivity index (χ2n) is 9.50. The van der Waals surface area contributed by atoms with E-state index in [2.05, 4.69) is 23.0 Å². The van der Waals surface area contributed by atoms with Gasteiger partial charge in [0, 0.05) is 59.1 Å². The van der Waals surface area contributed by atoms with Crippen LogP contribution in [0.5, 0.6) is 0 Å². The normalized spacial score (nSPS) is 14.6. The molecule has 36 heavy (non-hydrogen) atoms. The van der Waals surface area contributed by atoms with E-state index in [1.807, 2.05) is 59.5 Å². The predicted octanol–water partition coefficient (Wildman–Crippen LogP) is 4.21. The Morgan fingerprint density at radius 2 is 1.56 bits per heavy atom. The molecule has 0 saturated carbocycles. The summed E-state index contributed by atoms with van der Waals surface area (Å²) in [6.07, 6.45) is 0. The molecule has 2 heterocycles. The summed E-state index contributed by atoms with van der Waals surface area (Å²) in [5.74, 6) is -0.488. The van der Waals surface area contributed by atoms with Crippen molar-refractivity contribution >= 4 is 50.1 Å². The minimum Gasteiger partial charge on any atom is -0.398 e. The fourth-order valence-electron chi connectivity index (χ4n) is 5.32. The van der Waals surface area contributed by atoms with E-state index in [1.54, 1.807) is 6.07 Å². The van der Waals surface area contributed by atoms with Crippen molar-refractivity contribution in [3.63, 3.8) is 0 Å². The van der Waals surface area contributed by atoms with Crippen molar-refractivity contribution < 1.29 is 9.59 Å². The van der Waals surface area contributed by atoms with Crippen molar-refractivity contribution in [1.82, 2.24) is 14.8 Å². The molecule has 0 radical (unpaired) electrons. The molecule has 4 aromatic carbocycles. The summed E-state index contributed by atoms with van der Waals surface area (Å²) in [6.45, 7) is 3.14. The largest absolute Gasteiger partial charge is 0.398 e. The molecule has 0 unspecified atom stereocenters. The first-order chi connectivity index (χ1) is 17.4. The number of hydrogen-bond acceptors (Lipinski definition) is 4. The number of nitrogens with one attached hydrogen (secondary N) is 1. The summed E-state index contributed by atoms with van der Waals surface area (Å²) < 4.78 is 0. The Bertz CT molecular complexity index is 1680. The number of H-pyrrole nitrogens is 1. The minimum absolute atomic E-state index is 0.0172. The zero-order valence-electron chi connectivity index (χ0n) is 20.0. The third-order valence-electron chi connectivity index (χ3n) is 7.30. The number of carbonyl (C=O) groups excluding carboxylic acids is 2. The summed E-state index contributed by atoms with van der Waals surface area (Å²) in [5, 5.41) is 3.83. The summed E-state index contributed by atoms with van der Waals surface area (Å²) >= 11 is 0. The number of fused-ring (bicyclic) bond motifs is 4. The fraction of sp³-hybridized carbons (Fsp3) is 0.172. The van der Waals surface area contributed by atoms with Gasteiger partial charge in [-0.25, -0.2) is 0 Å². The first kappa shape index (κ1) is 22.1. The lowest BCUT2D eigenvalue weighted by Gasteiger charge is -2.32. The number of carbonyl (C=O) groups is 2. The average Bonchev–Trinajstić information content (AvgIpc) is 3.27. The molecule has 1 aromatic heterocycles. The van der Waals surface area contributed by atoms with Crippen molar-refractivity contribution in [2.24, 2.45) is 5.73 Å². The highest BCUT2D eigenvalue weighted by Crippen LogP contribution is 2.40. The molecule has 2 amide bonds. The second-order valence-corrected chi connectivity index (χ2v) is 9.50. The molecule has 0 bridgehead atoms. The van der Waals surface area contributed by atoms with Crippen LogP contribution in [0.2, 0.25) is 0 Å². The number of aromatic nitrogens is 1. The lowest BCUT2D eigenvalue weighted by molar-refractivity contribution is 0.0664. The van der Waals surface area contributed by atoms with Gasteiger partial charge in [-0.2, -0.15) is 0 Å². The smallest absolute Gasteiger partial charge is 0.254 e. The van der Waals surface area contributed by atoms with Crippen LogP contribution >= 0.6 is 0 Å². The van der Waals surface area contributed by atoms with Crippen LogP contribution in [0, 0.1) is 0 Å². The number of amides is 2. The molecule has 1 saturated heterocycles. The molecule has 0 aliphatic carbocycles. The molecule has 1 fully saturated rings.